The van der Waals surface area contributed by atoms with Crippen molar-refractivity contribution in [2.24, 2.45) is 0 Å². The van der Waals surface area contributed by atoms with Gasteiger partial charge in [0.2, 0.25) is 0 Å². The standard InChI is InChI=1S/C20H20ClF3N2O2/c21-17-7-3-4-8-18(17)28-14-13-25-9-11-26(12-10-25)19(27)15-5-1-2-6-16(15)20(22,23)24/h1-8H,9-14H2. The second-order valence-corrected chi connectivity index (χ2v) is 6.86. The fourth-order valence-corrected chi connectivity index (χ4v) is 3.30. The third kappa shape index (κ3) is 4.97. The van der Waals surface area contributed by atoms with Crippen LogP contribution in [-0.2, 0) is 6.18 Å². The third-order valence-electron chi connectivity index (χ3n) is 4.62. The molecule has 1 saturated heterocycles. The zero-order chi connectivity index (χ0) is 20.1. The monoisotopic (exact) mass is 412 g/mol. The normalized spacial score (nSPS) is 15.5. The van der Waals surface area contributed by atoms with Gasteiger partial charge in [-0.2, -0.15) is 13.2 Å². The van der Waals surface area contributed by atoms with Gasteiger partial charge in [0.1, 0.15) is 12.4 Å². The summed E-state index contributed by atoms with van der Waals surface area (Å²) in [6, 6.07) is 12.1. The number of halogens is 4. The highest BCUT2D eigenvalue weighted by molar-refractivity contribution is 6.32. The summed E-state index contributed by atoms with van der Waals surface area (Å²) >= 11 is 6.04. The molecule has 150 valence electrons. The van der Waals surface area contributed by atoms with Crippen molar-refractivity contribution in [2.75, 3.05) is 39.3 Å². The number of alkyl halides is 3. The van der Waals surface area contributed by atoms with Crippen molar-refractivity contribution in [3.8, 4) is 5.75 Å². The highest BCUT2D eigenvalue weighted by Gasteiger charge is 2.36. The molecule has 0 atom stereocenters. The number of benzene rings is 2. The van der Waals surface area contributed by atoms with E-state index in [1.165, 1.54) is 23.1 Å². The van der Waals surface area contributed by atoms with Crippen LogP contribution in [0.4, 0.5) is 13.2 Å². The number of para-hydroxylation sites is 1. The number of carbonyl (C=O) groups excluding carboxylic acids is 1. The fourth-order valence-electron chi connectivity index (χ4n) is 3.11. The van der Waals surface area contributed by atoms with Gasteiger partial charge in [0, 0.05) is 32.7 Å². The van der Waals surface area contributed by atoms with Gasteiger partial charge in [0.05, 0.1) is 16.1 Å². The van der Waals surface area contributed by atoms with E-state index in [-0.39, 0.29) is 5.56 Å². The zero-order valence-corrected chi connectivity index (χ0v) is 15.8. The number of hydrogen-bond donors (Lipinski definition) is 0. The minimum absolute atomic E-state index is 0.300. The van der Waals surface area contributed by atoms with Gasteiger partial charge in [-0.05, 0) is 24.3 Å². The molecule has 0 spiro atoms. The molecule has 1 heterocycles. The van der Waals surface area contributed by atoms with E-state index in [1.807, 2.05) is 12.1 Å². The highest BCUT2D eigenvalue weighted by atomic mass is 35.5. The molecular formula is C20H20ClF3N2O2. The lowest BCUT2D eigenvalue weighted by atomic mass is 10.1. The number of rotatable bonds is 5. The predicted octanol–water partition coefficient (Wildman–Crippen LogP) is 4.20. The molecule has 0 aliphatic carbocycles. The molecular weight excluding hydrogens is 393 g/mol. The molecule has 4 nitrogen and oxygen atoms in total. The number of amides is 1. The van der Waals surface area contributed by atoms with Crippen molar-refractivity contribution in [1.29, 1.82) is 0 Å². The molecule has 2 aromatic carbocycles. The molecule has 1 fully saturated rings. The molecule has 1 aliphatic heterocycles. The summed E-state index contributed by atoms with van der Waals surface area (Å²) in [5.41, 5.74) is -1.19. The van der Waals surface area contributed by atoms with Crippen LogP contribution in [0.3, 0.4) is 0 Å². The van der Waals surface area contributed by atoms with Crippen molar-refractivity contribution in [2.45, 2.75) is 6.18 Å². The molecule has 0 bridgehead atoms. The third-order valence-corrected chi connectivity index (χ3v) is 4.94. The fraction of sp³-hybridized carbons (Fsp3) is 0.350. The van der Waals surface area contributed by atoms with E-state index in [2.05, 4.69) is 4.90 Å². The van der Waals surface area contributed by atoms with Gasteiger partial charge in [0.25, 0.3) is 5.91 Å². The van der Waals surface area contributed by atoms with Gasteiger partial charge in [-0.1, -0.05) is 35.9 Å². The Balaban J connectivity index is 1.52. The van der Waals surface area contributed by atoms with Gasteiger partial charge in [-0.3, -0.25) is 9.69 Å². The maximum atomic E-state index is 13.1. The van der Waals surface area contributed by atoms with Crippen molar-refractivity contribution in [1.82, 2.24) is 9.80 Å². The zero-order valence-electron chi connectivity index (χ0n) is 15.1. The number of carbonyl (C=O) groups is 1. The summed E-state index contributed by atoms with van der Waals surface area (Å²) in [5.74, 6) is 0.0293. The van der Waals surface area contributed by atoms with Crippen molar-refractivity contribution < 1.29 is 22.7 Å². The van der Waals surface area contributed by atoms with Gasteiger partial charge in [-0.15, -0.1) is 0 Å². The second kappa shape index (κ2) is 8.84. The SMILES string of the molecule is O=C(c1ccccc1C(F)(F)F)N1CCN(CCOc2ccccc2Cl)CC1. The van der Waals surface area contributed by atoms with Crippen molar-refractivity contribution in [3.05, 3.63) is 64.7 Å². The summed E-state index contributed by atoms with van der Waals surface area (Å²) in [6.07, 6.45) is -4.55. The first-order chi connectivity index (χ1) is 13.4. The van der Waals surface area contributed by atoms with E-state index < -0.39 is 17.6 Å². The first kappa shape index (κ1) is 20.5. The van der Waals surface area contributed by atoms with E-state index in [0.29, 0.717) is 50.1 Å². The Bertz CT molecular complexity index is 821. The summed E-state index contributed by atoms with van der Waals surface area (Å²) in [7, 11) is 0. The van der Waals surface area contributed by atoms with Crippen LogP contribution in [0.1, 0.15) is 15.9 Å². The van der Waals surface area contributed by atoms with Gasteiger partial charge < -0.3 is 9.64 Å². The van der Waals surface area contributed by atoms with Crippen LogP contribution >= 0.6 is 11.6 Å². The highest BCUT2D eigenvalue weighted by Crippen LogP contribution is 2.32. The molecule has 0 saturated carbocycles. The van der Waals surface area contributed by atoms with Crippen LogP contribution < -0.4 is 4.74 Å². The van der Waals surface area contributed by atoms with E-state index in [0.717, 1.165) is 6.07 Å². The van der Waals surface area contributed by atoms with E-state index >= 15 is 0 Å². The Kier molecular flexibility index (Phi) is 6.46. The maximum Gasteiger partial charge on any atom is 0.417 e. The number of hydrogen-bond acceptors (Lipinski definition) is 3. The van der Waals surface area contributed by atoms with Gasteiger partial charge >= 0.3 is 6.18 Å². The Labute approximate surface area is 166 Å². The summed E-state index contributed by atoms with van der Waals surface area (Å²) in [6.45, 7) is 2.98. The molecule has 1 aliphatic rings. The van der Waals surface area contributed by atoms with E-state index in [4.69, 9.17) is 16.3 Å². The Morgan fingerprint density at radius 2 is 1.64 bits per heavy atom. The van der Waals surface area contributed by atoms with Crippen LogP contribution in [-0.4, -0.2) is 55.0 Å². The number of piperazine rings is 1. The summed E-state index contributed by atoms with van der Waals surface area (Å²) < 4.78 is 45.1. The van der Waals surface area contributed by atoms with E-state index in [9.17, 15) is 18.0 Å². The minimum atomic E-state index is -4.55. The maximum absolute atomic E-state index is 13.1. The smallest absolute Gasteiger partial charge is 0.417 e. The summed E-state index contributed by atoms with van der Waals surface area (Å²) in [5, 5.41) is 0.543. The lowest BCUT2D eigenvalue weighted by molar-refractivity contribution is -0.138. The molecule has 0 N–H and O–H groups in total. The van der Waals surface area contributed by atoms with Crippen LogP contribution in [0.15, 0.2) is 48.5 Å². The number of ether oxygens (including phenoxy) is 1. The summed E-state index contributed by atoms with van der Waals surface area (Å²) in [4.78, 5) is 16.2. The Morgan fingerprint density at radius 3 is 2.32 bits per heavy atom. The van der Waals surface area contributed by atoms with Crippen LogP contribution in [0.5, 0.6) is 5.75 Å². The molecule has 1 amide bonds. The van der Waals surface area contributed by atoms with Gasteiger partial charge in [-0.25, -0.2) is 0 Å². The average Bonchev–Trinajstić information content (AvgIpc) is 2.69. The molecule has 2 aromatic rings. The van der Waals surface area contributed by atoms with Crippen LogP contribution in [0.25, 0.3) is 0 Å². The van der Waals surface area contributed by atoms with E-state index in [1.54, 1.807) is 12.1 Å². The largest absolute Gasteiger partial charge is 0.491 e. The molecule has 28 heavy (non-hydrogen) atoms. The molecule has 3 rings (SSSR count). The quantitative estimate of drug-likeness (QED) is 0.738. The first-order valence-corrected chi connectivity index (χ1v) is 9.29. The predicted molar refractivity (Wildman–Crippen MR) is 101 cm³/mol. The van der Waals surface area contributed by atoms with Crippen LogP contribution in [0, 0.1) is 0 Å². The Morgan fingerprint density at radius 1 is 1.00 bits per heavy atom. The Hall–Kier alpha value is -2.25. The topological polar surface area (TPSA) is 32.8 Å². The second-order valence-electron chi connectivity index (χ2n) is 6.46. The minimum Gasteiger partial charge on any atom is -0.491 e. The molecule has 8 heteroatoms. The molecule has 0 aromatic heterocycles. The van der Waals surface area contributed by atoms with Crippen molar-refractivity contribution in [3.63, 3.8) is 0 Å². The first-order valence-electron chi connectivity index (χ1n) is 8.91. The lowest BCUT2D eigenvalue weighted by Gasteiger charge is -2.35. The van der Waals surface area contributed by atoms with Crippen LogP contribution in [0.2, 0.25) is 5.02 Å². The van der Waals surface area contributed by atoms with Crippen molar-refractivity contribution >= 4 is 17.5 Å². The average molecular weight is 413 g/mol. The molecule has 0 radical (unpaired) electrons. The lowest BCUT2D eigenvalue weighted by Crippen LogP contribution is -2.49. The number of nitrogens with zero attached hydrogens (tertiary/aromatic N) is 2. The molecule has 0 unspecified atom stereocenters. The van der Waals surface area contributed by atoms with Gasteiger partial charge in [0.15, 0.2) is 0 Å².